The monoisotopic (exact) mass is 832 g/mol. The zero-order chi connectivity index (χ0) is 43.0. The first kappa shape index (κ1) is 58.4. The molecule has 0 aromatic rings. The fourth-order valence-corrected chi connectivity index (χ4v) is 9.47. The Morgan fingerprint density at radius 2 is 0.525 bits per heavy atom. The van der Waals surface area contributed by atoms with Crippen LogP contribution in [0.3, 0.4) is 0 Å². The molecule has 354 valence electrons. The van der Waals surface area contributed by atoms with Crippen molar-refractivity contribution in [2.75, 3.05) is 20.6 Å². The van der Waals surface area contributed by atoms with E-state index in [0.717, 1.165) is 6.42 Å². The molecule has 0 heterocycles. The first-order chi connectivity index (χ1) is 29.0. The van der Waals surface area contributed by atoms with Gasteiger partial charge < -0.3 is 4.74 Å². The lowest BCUT2D eigenvalue weighted by atomic mass is 9.87. The van der Waals surface area contributed by atoms with E-state index in [-0.39, 0.29) is 12.1 Å². The minimum Gasteiger partial charge on any atom is -0.461 e. The zero-order valence-electron chi connectivity index (χ0n) is 41.9. The van der Waals surface area contributed by atoms with Gasteiger partial charge in [0.25, 0.3) is 0 Å². The highest BCUT2D eigenvalue weighted by atomic mass is 16.5. The van der Waals surface area contributed by atoms with Gasteiger partial charge in [-0.1, -0.05) is 297 Å². The van der Waals surface area contributed by atoms with Crippen LogP contribution in [-0.2, 0) is 9.53 Å². The number of ether oxygens (including phenoxy) is 1. The Hall–Kier alpha value is -0.570. The number of carbonyl (C=O) groups excluding carboxylic acids is 1. The SMILES string of the molecule is CCCCCCCCCCCCCCCCCCC(CCCCCCCCCCCCCCCC)C(CCCCCCCCCCCCCCCC)OC(=O)CN(C)C. The lowest BCUT2D eigenvalue weighted by Crippen LogP contribution is -2.32. The maximum absolute atomic E-state index is 13.1. The molecule has 0 amide bonds. The molecule has 2 atom stereocenters. The van der Waals surface area contributed by atoms with Gasteiger partial charge in [0.05, 0.1) is 6.54 Å². The third kappa shape index (κ3) is 46.8. The van der Waals surface area contributed by atoms with Crippen molar-refractivity contribution < 1.29 is 9.53 Å². The van der Waals surface area contributed by atoms with Gasteiger partial charge in [0, 0.05) is 0 Å². The average molecular weight is 833 g/mol. The Morgan fingerprint density at radius 3 is 0.746 bits per heavy atom. The molecule has 0 aromatic heterocycles. The lowest BCUT2D eigenvalue weighted by Gasteiger charge is -2.28. The molecule has 0 rings (SSSR count). The smallest absolute Gasteiger partial charge is 0.320 e. The highest BCUT2D eigenvalue weighted by molar-refractivity contribution is 5.71. The highest BCUT2D eigenvalue weighted by Gasteiger charge is 2.25. The molecule has 0 aliphatic heterocycles. The number of likely N-dealkylation sites (N-methyl/N-ethyl adjacent to an activating group) is 1. The maximum atomic E-state index is 13.1. The van der Waals surface area contributed by atoms with Crippen LogP contribution in [0.25, 0.3) is 0 Å². The average Bonchev–Trinajstić information content (AvgIpc) is 3.22. The Balaban J connectivity index is 4.68. The van der Waals surface area contributed by atoms with Crippen molar-refractivity contribution in [3.05, 3.63) is 0 Å². The molecule has 0 saturated carbocycles. The van der Waals surface area contributed by atoms with Crippen LogP contribution in [0.5, 0.6) is 0 Å². The second-order valence-electron chi connectivity index (χ2n) is 19.9. The highest BCUT2D eigenvalue weighted by Crippen LogP contribution is 2.28. The largest absolute Gasteiger partial charge is 0.461 e. The third-order valence-corrected chi connectivity index (χ3v) is 13.5. The Labute approximate surface area is 374 Å². The van der Waals surface area contributed by atoms with E-state index < -0.39 is 0 Å². The zero-order valence-corrected chi connectivity index (χ0v) is 41.9. The molecule has 0 bridgehead atoms. The molecule has 0 radical (unpaired) electrons. The van der Waals surface area contributed by atoms with Gasteiger partial charge in [-0.15, -0.1) is 0 Å². The number of unbranched alkanes of at least 4 members (excludes halogenated alkanes) is 41. The van der Waals surface area contributed by atoms with Crippen LogP contribution >= 0.6 is 0 Å². The molecule has 0 N–H and O–H groups in total. The molecule has 0 fully saturated rings. The number of hydrogen-bond acceptors (Lipinski definition) is 3. The van der Waals surface area contributed by atoms with Gasteiger partial charge in [0.2, 0.25) is 0 Å². The molecule has 2 unspecified atom stereocenters. The first-order valence-electron chi connectivity index (χ1n) is 27.9. The van der Waals surface area contributed by atoms with Crippen molar-refractivity contribution in [2.45, 2.75) is 329 Å². The van der Waals surface area contributed by atoms with E-state index in [1.54, 1.807) is 0 Å². The minimum absolute atomic E-state index is 0.0108. The summed E-state index contributed by atoms with van der Waals surface area (Å²) in [7, 11) is 3.99. The van der Waals surface area contributed by atoms with E-state index >= 15 is 0 Å². The molecule has 0 spiro atoms. The van der Waals surface area contributed by atoms with Crippen molar-refractivity contribution in [1.29, 1.82) is 0 Å². The van der Waals surface area contributed by atoms with E-state index in [1.165, 1.54) is 295 Å². The lowest BCUT2D eigenvalue weighted by molar-refractivity contribution is -0.153. The van der Waals surface area contributed by atoms with Gasteiger partial charge >= 0.3 is 5.97 Å². The summed E-state index contributed by atoms with van der Waals surface area (Å²) in [5, 5.41) is 0. The van der Waals surface area contributed by atoms with Gasteiger partial charge in [0.15, 0.2) is 0 Å². The molecule has 59 heavy (non-hydrogen) atoms. The number of carbonyl (C=O) groups is 1. The van der Waals surface area contributed by atoms with Gasteiger partial charge in [-0.25, -0.2) is 0 Å². The fraction of sp³-hybridized carbons (Fsp3) is 0.982. The van der Waals surface area contributed by atoms with Crippen molar-refractivity contribution in [3.63, 3.8) is 0 Å². The summed E-state index contributed by atoms with van der Waals surface area (Å²) in [6, 6.07) is 0. The van der Waals surface area contributed by atoms with Crippen LogP contribution in [0, 0.1) is 5.92 Å². The predicted molar refractivity (Wildman–Crippen MR) is 266 cm³/mol. The van der Waals surface area contributed by atoms with Crippen molar-refractivity contribution in [2.24, 2.45) is 5.92 Å². The molecular formula is C56H113NO2. The summed E-state index contributed by atoms with van der Waals surface area (Å²) in [6.07, 6.45) is 65.5. The fourth-order valence-electron chi connectivity index (χ4n) is 9.47. The summed E-state index contributed by atoms with van der Waals surface area (Å²) < 4.78 is 6.41. The van der Waals surface area contributed by atoms with Gasteiger partial charge in [-0.05, 0) is 45.7 Å². The molecule has 0 aliphatic rings. The Bertz CT molecular complexity index is 782. The van der Waals surface area contributed by atoms with Gasteiger partial charge in [-0.2, -0.15) is 0 Å². The van der Waals surface area contributed by atoms with Crippen LogP contribution in [0.2, 0.25) is 0 Å². The molecule has 3 heteroatoms. The summed E-state index contributed by atoms with van der Waals surface area (Å²) in [4.78, 5) is 15.1. The molecular weight excluding hydrogens is 719 g/mol. The number of rotatable bonds is 51. The van der Waals surface area contributed by atoms with Gasteiger partial charge in [-0.3, -0.25) is 9.69 Å². The topological polar surface area (TPSA) is 29.5 Å². The summed E-state index contributed by atoms with van der Waals surface area (Å²) in [5.74, 6) is 0.523. The second kappa shape index (κ2) is 50.1. The van der Waals surface area contributed by atoms with Crippen LogP contribution in [0.1, 0.15) is 323 Å². The number of esters is 1. The quantitative estimate of drug-likeness (QED) is 0.0452. The van der Waals surface area contributed by atoms with Crippen LogP contribution in [-0.4, -0.2) is 37.6 Å². The normalized spacial score (nSPS) is 12.8. The maximum Gasteiger partial charge on any atom is 0.320 e. The Morgan fingerprint density at radius 1 is 0.322 bits per heavy atom. The summed E-state index contributed by atoms with van der Waals surface area (Å²) >= 11 is 0. The van der Waals surface area contributed by atoms with Crippen LogP contribution in [0.4, 0.5) is 0 Å². The predicted octanol–water partition coefficient (Wildman–Crippen LogP) is 19.5. The number of nitrogens with zero attached hydrogens (tertiary/aromatic N) is 1. The van der Waals surface area contributed by atoms with Crippen molar-refractivity contribution in [1.82, 2.24) is 4.90 Å². The van der Waals surface area contributed by atoms with Crippen molar-refractivity contribution >= 4 is 5.97 Å². The van der Waals surface area contributed by atoms with E-state index in [0.29, 0.717) is 12.5 Å². The molecule has 0 aromatic carbocycles. The van der Waals surface area contributed by atoms with E-state index in [9.17, 15) is 4.79 Å². The summed E-state index contributed by atoms with van der Waals surface area (Å²) in [5.41, 5.74) is 0. The Kier molecular flexibility index (Phi) is 49.6. The van der Waals surface area contributed by atoms with E-state index in [2.05, 4.69) is 20.8 Å². The standard InChI is InChI=1S/C56H113NO2/c1-6-9-12-15-18-21-24-27-30-31-33-36-39-42-45-48-51-54(50-47-44-41-38-35-32-28-25-22-19-16-13-10-7-2)55(59-56(58)53-57(4)5)52-49-46-43-40-37-34-29-26-23-20-17-14-11-8-3/h54-55H,6-53H2,1-5H3. The number of hydrogen-bond donors (Lipinski definition) is 0. The van der Waals surface area contributed by atoms with Gasteiger partial charge in [0.1, 0.15) is 6.10 Å². The van der Waals surface area contributed by atoms with E-state index in [1.807, 2.05) is 19.0 Å². The van der Waals surface area contributed by atoms with Crippen LogP contribution in [0.15, 0.2) is 0 Å². The first-order valence-corrected chi connectivity index (χ1v) is 27.9. The second-order valence-corrected chi connectivity index (χ2v) is 19.9. The molecule has 3 nitrogen and oxygen atoms in total. The molecule has 0 aliphatic carbocycles. The third-order valence-electron chi connectivity index (χ3n) is 13.5. The summed E-state index contributed by atoms with van der Waals surface area (Å²) in [6.45, 7) is 7.33. The minimum atomic E-state index is -0.0108. The van der Waals surface area contributed by atoms with Crippen molar-refractivity contribution in [3.8, 4) is 0 Å². The van der Waals surface area contributed by atoms with Crippen LogP contribution < -0.4 is 0 Å². The molecule has 0 saturated heterocycles. The van der Waals surface area contributed by atoms with E-state index in [4.69, 9.17) is 4.74 Å².